The van der Waals surface area contributed by atoms with Gasteiger partial charge >= 0.3 is 0 Å². The lowest BCUT2D eigenvalue weighted by Gasteiger charge is -2.50. The van der Waals surface area contributed by atoms with E-state index in [0.717, 1.165) is 30.0 Å². The molecule has 0 amide bonds. The fourth-order valence-electron chi connectivity index (χ4n) is 5.11. The zero-order valence-electron chi connectivity index (χ0n) is 13.1. The molecule has 0 aromatic carbocycles. The van der Waals surface area contributed by atoms with Crippen LogP contribution in [-0.2, 0) is 0 Å². The van der Waals surface area contributed by atoms with Gasteiger partial charge in [0.05, 0.1) is 0 Å². The van der Waals surface area contributed by atoms with Crippen LogP contribution in [0.15, 0.2) is 0 Å². The minimum atomic E-state index is 0.775. The first kappa shape index (κ1) is 13.9. The molecule has 19 heavy (non-hydrogen) atoms. The maximum atomic E-state index is 2.90. The summed E-state index contributed by atoms with van der Waals surface area (Å²) < 4.78 is 0. The molecule has 3 aliphatic rings. The van der Waals surface area contributed by atoms with E-state index in [4.69, 9.17) is 0 Å². The number of fused-ring (bicyclic) bond motifs is 1. The number of hydrogen-bond donors (Lipinski definition) is 0. The number of hydrogen-bond acceptors (Lipinski definition) is 2. The van der Waals surface area contributed by atoms with Gasteiger partial charge in [0, 0.05) is 31.2 Å². The Bertz CT molecular complexity index is 304. The van der Waals surface area contributed by atoms with Gasteiger partial charge in [0.15, 0.2) is 0 Å². The Balaban J connectivity index is 1.67. The van der Waals surface area contributed by atoms with Gasteiger partial charge in [-0.3, -0.25) is 9.80 Å². The van der Waals surface area contributed by atoms with Crippen LogP contribution in [0, 0.1) is 11.8 Å². The molecule has 2 heterocycles. The summed E-state index contributed by atoms with van der Waals surface area (Å²) >= 11 is 0. The van der Waals surface area contributed by atoms with Crippen LogP contribution in [0.5, 0.6) is 0 Å². The monoisotopic (exact) mass is 264 g/mol. The summed E-state index contributed by atoms with van der Waals surface area (Å²) in [7, 11) is 0. The highest BCUT2D eigenvalue weighted by atomic mass is 15.3. The maximum absolute atomic E-state index is 2.90. The molecular weight excluding hydrogens is 232 g/mol. The highest BCUT2D eigenvalue weighted by molar-refractivity contribution is 4.96. The molecule has 2 nitrogen and oxygen atoms in total. The molecule has 0 N–H and O–H groups in total. The molecule has 2 saturated heterocycles. The Labute approximate surface area is 119 Å². The van der Waals surface area contributed by atoms with Gasteiger partial charge in [0.2, 0.25) is 0 Å². The standard InChI is InChI=1S/C17H32N2/c1-4-15-8-9-17(14(15)3)19-12-16-7-5-6-10-18(16)11-13(19)2/h13-17H,4-12H2,1-3H3. The van der Waals surface area contributed by atoms with Crippen molar-refractivity contribution in [2.45, 2.75) is 77.4 Å². The average Bonchev–Trinajstić information content (AvgIpc) is 2.79. The Morgan fingerprint density at radius 3 is 2.58 bits per heavy atom. The van der Waals surface area contributed by atoms with Crippen molar-refractivity contribution < 1.29 is 0 Å². The first-order valence-electron chi connectivity index (χ1n) is 8.70. The van der Waals surface area contributed by atoms with E-state index in [2.05, 4.69) is 30.6 Å². The van der Waals surface area contributed by atoms with Crippen molar-refractivity contribution >= 4 is 0 Å². The second kappa shape index (κ2) is 5.73. The number of piperidine rings is 1. The molecule has 5 unspecified atom stereocenters. The summed E-state index contributed by atoms with van der Waals surface area (Å²) in [5.41, 5.74) is 0. The van der Waals surface area contributed by atoms with E-state index in [0.29, 0.717) is 0 Å². The van der Waals surface area contributed by atoms with Gasteiger partial charge < -0.3 is 0 Å². The zero-order valence-corrected chi connectivity index (χ0v) is 13.1. The van der Waals surface area contributed by atoms with Crippen LogP contribution in [0.4, 0.5) is 0 Å². The minimum absolute atomic E-state index is 0.775. The van der Waals surface area contributed by atoms with E-state index in [1.165, 1.54) is 58.2 Å². The molecular formula is C17H32N2. The van der Waals surface area contributed by atoms with Gasteiger partial charge in [0.1, 0.15) is 0 Å². The molecule has 0 bridgehead atoms. The molecule has 3 rings (SSSR count). The predicted molar refractivity (Wildman–Crippen MR) is 81.3 cm³/mol. The zero-order chi connectivity index (χ0) is 13.4. The lowest BCUT2D eigenvalue weighted by Crippen LogP contribution is -2.61. The van der Waals surface area contributed by atoms with Crippen LogP contribution in [0.1, 0.15) is 59.3 Å². The van der Waals surface area contributed by atoms with E-state index in [9.17, 15) is 0 Å². The smallest absolute Gasteiger partial charge is 0.0224 e. The summed E-state index contributed by atoms with van der Waals surface area (Å²) in [6.45, 7) is 11.4. The SMILES string of the molecule is CCC1CCC(N2CC3CCCCN3CC2C)C1C. The molecule has 1 aliphatic carbocycles. The minimum Gasteiger partial charge on any atom is -0.298 e. The molecule has 110 valence electrons. The third kappa shape index (κ3) is 2.58. The summed E-state index contributed by atoms with van der Waals surface area (Å²) in [4.78, 5) is 5.68. The van der Waals surface area contributed by atoms with Crippen LogP contribution in [0.3, 0.4) is 0 Å². The summed E-state index contributed by atoms with van der Waals surface area (Å²) in [6, 6.07) is 2.53. The molecule has 3 fully saturated rings. The Morgan fingerprint density at radius 1 is 1.00 bits per heavy atom. The second-order valence-electron chi connectivity index (χ2n) is 7.36. The van der Waals surface area contributed by atoms with Crippen molar-refractivity contribution in [1.29, 1.82) is 0 Å². The van der Waals surface area contributed by atoms with E-state index in [1.807, 2.05) is 0 Å². The van der Waals surface area contributed by atoms with Crippen LogP contribution < -0.4 is 0 Å². The number of piperazine rings is 1. The summed E-state index contributed by atoms with van der Waals surface area (Å²) in [6.07, 6.45) is 8.65. The molecule has 2 heteroatoms. The molecule has 0 aromatic rings. The normalized spacial score (nSPS) is 45.3. The van der Waals surface area contributed by atoms with Crippen molar-refractivity contribution in [2.75, 3.05) is 19.6 Å². The van der Waals surface area contributed by atoms with Gasteiger partial charge in [-0.05, 0) is 51.0 Å². The van der Waals surface area contributed by atoms with Gasteiger partial charge in [-0.2, -0.15) is 0 Å². The Hall–Kier alpha value is -0.0800. The molecule has 0 spiro atoms. The maximum Gasteiger partial charge on any atom is 0.0224 e. The fraction of sp³-hybridized carbons (Fsp3) is 1.00. The predicted octanol–water partition coefficient (Wildman–Crippen LogP) is 3.37. The van der Waals surface area contributed by atoms with E-state index >= 15 is 0 Å². The topological polar surface area (TPSA) is 6.48 Å². The second-order valence-corrected chi connectivity index (χ2v) is 7.36. The van der Waals surface area contributed by atoms with Crippen molar-refractivity contribution in [2.24, 2.45) is 11.8 Å². The first-order valence-corrected chi connectivity index (χ1v) is 8.70. The molecule has 1 saturated carbocycles. The van der Waals surface area contributed by atoms with Gasteiger partial charge in [0.25, 0.3) is 0 Å². The van der Waals surface area contributed by atoms with Crippen molar-refractivity contribution in [3.05, 3.63) is 0 Å². The highest BCUT2D eigenvalue weighted by Gasteiger charge is 2.41. The molecule has 2 aliphatic heterocycles. The molecule has 0 aromatic heterocycles. The lowest BCUT2D eigenvalue weighted by molar-refractivity contribution is -0.0170. The van der Waals surface area contributed by atoms with Crippen molar-refractivity contribution in [1.82, 2.24) is 9.80 Å². The van der Waals surface area contributed by atoms with Crippen LogP contribution in [-0.4, -0.2) is 47.6 Å². The van der Waals surface area contributed by atoms with E-state index in [-0.39, 0.29) is 0 Å². The van der Waals surface area contributed by atoms with Crippen LogP contribution in [0.25, 0.3) is 0 Å². The molecule has 0 radical (unpaired) electrons. The van der Waals surface area contributed by atoms with Gasteiger partial charge in [-0.25, -0.2) is 0 Å². The van der Waals surface area contributed by atoms with E-state index in [1.54, 1.807) is 0 Å². The van der Waals surface area contributed by atoms with Crippen LogP contribution in [0.2, 0.25) is 0 Å². The van der Waals surface area contributed by atoms with Crippen LogP contribution >= 0.6 is 0 Å². The number of rotatable bonds is 2. The van der Waals surface area contributed by atoms with Crippen molar-refractivity contribution in [3.8, 4) is 0 Å². The quantitative estimate of drug-likeness (QED) is 0.754. The van der Waals surface area contributed by atoms with Gasteiger partial charge in [-0.1, -0.05) is 26.7 Å². The molecule has 5 atom stereocenters. The Kier molecular flexibility index (Phi) is 4.19. The third-order valence-corrected chi connectivity index (χ3v) is 6.37. The van der Waals surface area contributed by atoms with Gasteiger partial charge in [-0.15, -0.1) is 0 Å². The number of nitrogens with zero attached hydrogens (tertiary/aromatic N) is 2. The average molecular weight is 264 g/mol. The lowest BCUT2D eigenvalue weighted by atomic mass is 9.90. The summed E-state index contributed by atoms with van der Waals surface area (Å²) in [5.74, 6) is 1.91. The Morgan fingerprint density at radius 2 is 1.84 bits per heavy atom. The van der Waals surface area contributed by atoms with Crippen molar-refractivity contribution in [3.63, 3.8) is 0 Å². The highest BCUT2D eigenvalue weighted by Crippen LogP contribution is 2.39. The fourth-order valence-corrected chi connectivity index (χ4v) is 5.11. The van der Waals surface area contributed by atoms with E-state index < -0.39 is 0 Å². The summed E-state index contributed by atoms with van der Waals surface area (Å²) in [5, 5.41) is 0. The largest absolute Gasteiger partial charge is 0.298 e. The third-order valence-electron chi connectivity index (χ3n) is 6.37. The first-order chi connectivity index (χ1) is 9.20.